The zero-order valence-electron chi connectivity index (χ0n) is 23.1. The van der Waals surface area contributed by atoms with E-state index in [-0.39, 0.29) is 37.3 Å². The summed E-state index contributed by atoms with van der Waals surface area (Å²) in [6, 6.07) is 6.93. The molecule has 0 radical (unpaired) electrons. The molecule has 3 N–H and O–H groups in total. The molecule has 0 amide bonds. The number of ether oxygens (including phenoxy) is 9. The van der Waals surface area contributed by atoms with Crippen molar-refractivity contribution in [1.82, 2.24) is 0 Å². The zero-order chi connectivity index (χ0) is 29.3. The van der Waals surface area contributed by atoms with Crippen molar-refractivity contribution in [2.45, 2.75) is 55.9 Å². The van der Waals surface area contributed by atoms with Crippen molar-refractivity contribution >= 4 is 5.97 Å². The molecule has 0 bridgehead atoms. The quantitative estimate of drug-likeness (QED) is 0.430. The molecule has 226 valence electrons. The maximum Gasteiger partial charge on any atom is 0.310 e. The molecule has 10 atom stereocenters. The molecule has 42 heavy (non-hydrogen) atoms. The van der Waals surface area contributed by atoms with Crippen molar-refractivity contribution in [2.75, 3.05) is 34.2 Å². The van der Waals surface area contributed by atoms with Gasteiger partial charge >= 0.3 is 5.97 Å². The average Bonchev–Trinajstić information content (AvgIpc) is 3.61. The minimum absolute atomic E-state index is 0.0301. The van der Waals surface area contributed by atoms with E-state index in [1.807, 2.05) is 0 Å². The Balaban J connectivity index is 1.32. The van der Waals surface area contributed by atoms with E-state index < -0.39 is 66.8 Å². The van der Waals surface area contributed by atoms with Crippen LogP contribution < -0.4 is 18.9 Å². The molecule has 3 fully saturated rings. The van der Waals surface area contributed by atoms with Gasteiger partial charge in [0.2, 0.25) is 12.5 Å². The van der Waals surface area contributed by atoms with E-state index in [4.69, 9.17) is 42.6 Å². The summed E-state index contributed by atoms with van der Waals surface area (Å²) in [5.41, 5.74) is 2.01. The summed E-state index contributed by atoms with van der Waals surface area (Å²) < 4.78 is 51.5. The van der Waals surface area contributed by atoms with Crippen LogP contribution in [0.25, 0.3) is 0 Å². The van der Waals surface area contributed by atoms with Crippen molar-refractivity contribution < 1.29 is 62.7 Å². The highest BCUT2D eigenvalue weighted by Crippen LogP contribution is 2.57. The van der Waals surface area contributed by atoms with Crippen LogP contribution in [0.2, 0.25) is 0 Å². The smallest absolute Gasteiger partial charge is 0.310 e. The first-order chi connectivity index (χ1) is 20.3. The Bertz CT molecular complexity index is 1350. The molecule has 2 aromatic carbocycles. The van der Waals surface area contributed by atoms with Gasteiger partial charge in [-0.3, -0.25) is 4.79 Å². The maximum atomic E-state index is 13.4. The van der Waals surface area contributed by atoms with Gasteiger partial charge < -0.3 is 58.0 Å². The molecule has 3 saturated heterocycles. The highest BCUT2D eigenvalue weighted by molar-refractivity contribution is 5.79. The molecule has 7 rings (SSSR count). The van der Waals surface area contributed by atoms with Crippen LogP contribution in [0.5, 0.6) is 28.7 Å². The van der Waals surface area contributed by atoms with Crippen molar-refractivity contribution in [3.05, 3.63) is 41.0 Å². The maximum absolute atomic E-state index is 13.4. The summed E-state index contributed by atoms with van der Waals surface area (Å²) in [4.78, 5) is 13.4. The third-order valence-corrected chi connectivity index (χ3v) is 8.75. The number of benzene rings is 2. The minimum Gasteiger partial charge on any atom is -0.502 e. The van der Waals surface area contributed by atoms with Gasteiger partial charge in [-0.05, 0) is 47.9 Å². The predicted octanol–water partition coefficient (Wildman–Crippen LogP) is 1.34. The molecule has 4 aliphatic heterocycles. The van der Waals surface area contributed by atoms with Crippen LogP contribution in [-0.2, 0) is 28.5 Å². The van der Waals surface area contributed by atoms with E-state index in [1.54, 1.807) is 31.2 Å². The molecule has 0 aromatic heterocycles. The topological polar surface area (TPSA) is 161 Å². The standard InChI is InChI=1S/C29H32O13/c1-11-36-9-20-27(40-11)24(31)25(32)29(41-20)42-26-14-7-17-16(38-10-39-17)6-13(14)21(22-15(26)8-37-28(22)33)12-4-18(34-2)23(30)19(5-12)35-3/h4-7,11,15,20-22,24-27,29-32H,8-10H2,1-3H3/t11-,15+,20-,21-,22+,24-,25-,26?,27-,29+/m1/s1. The van der Waals surface area contributed by atoms with E-state index in [1.165, 1.54) is 14.2 Å². The fourth-order valence-corrected chi connectivity index (χ4v) is 6.74. The van der Waals surface area contributed by atoms with Gasteiger partial charge in [0.25, 0.3) is 0 Å². The molecule has 13 nitrogen and oxygen atoms in total. The van der Waals surface area contributed by atoms with Crippen molar-refractivity contribution in [3.8, 4) is 28.7 Å². The third kappa shape index (κ3) is 4.26. The predicted molar refractivity (Wildman–Crippen MR) is 138 cm³/mol. The van der Waals surface area contributed by atoms with Crippen LogP contribution in [0.15, 0.2) is 24.3 Å². The Morgan fingerprint density at radius 3 is 2.26 bits per heavy atom. The molecule has 4 heterocycles. The summed E-state index contributed by atoms with van der Waals surface area (Å²) in [6.07, 6.45) is -6.80. The van der Waals surface area contributed by atoms with Crippen LogP contribution >= 0.6 is 0 Å². The number of hydrogen-bond acceptors (Lipinski definition) is 13. The molecule has 1 unspecified atom stereocenters. The van der Waals surface area contributed by atoms with Gasteiger partial charge in [-0.15, -0.1) is 0 Å². The number of aliphatic hydroxyl groups excluding tert-OH is 2. The lowest BCUT2D eigenvalue weighted by molar-refractivity contribution is -0.364. The van der Waals surface area contributed by atoms with Crippen LogP contribution in [0.3, 0.4) is 0 Å². The van der Waals surface area contributed by atoms with Crippen molar-refractivity contribution in [1.29, 1.82) is 0 Å². The Kier molecular flexibility index (Phi) is 6.83. The lowest BCUT2D eigenvalue weighted by Gasteiger charge is -2.47. The summed E-state index contributed by atoms with van der Waals surface area (Å²) >= 11 is 0. The van der Waals surface area contributed by atoms with E-state index in [2.05, 4.69) is 0 Å². The van der Waals surface area contributed by atoms with E-state index in [9.17, 15) is 20.1 Å². The highest BCUT2D eigenvalue weighted by Gasteiger charge is 2.56. The van der Waals surface area contributed by atoms with Gasteiger partial charge in [-0.2, -0.15) is 0 Å². The Labute approximate surface area is 240 Å². The summed E-state index contributed by atoms with van der Waals surface area (Å²) in [5.74, 6) is -1.02. The number of carbonyl (C=O) groups excluding carboxylic acids is 1. The van der Waals surface area contributed by atoms with Crippen molar-refractivity contribution in [3.63, 3.8) is 0 Å². The van der Waals surface area contributed by atoms with Gasteiger partial charge in [0, 0.05) is 11.8 Å². The fourth-order valence-electron chi connectivity index (χ4n) is 6.74. The number of cyclic esters (lactones) is 1. The molecular formula is C29H32O13. The number of aliphatic hydroxyl groups is 2. The molecule has 5 aliphatic rings. The van der Waals surface area contributed by atoms with Gasteiger partial charge in [-0.25, -0.2) is 0 Å². The Morgan fingerprint density at radius 1 is 0.881 bits per heavy atom. The summed E-state index contributed by atoms with van der Waals surface area (Å²) in [5, 5.41) is 32.5. The SMILES string of the molecule is COc1cc([C@@H]2c3cc4c(cc3C(O[C@@H]3O[C@@H]5CO[C@@H](C)O[C@H]5[C@H](O)[C@H]3O)[C@H]3COC(=O)[C@H]23)OCO4)cc(OC)c1O. The second-order valence-corrected chi connectivity index (χ2v) is 11.0. The van der Waals surface area contributed by atoms with E-state index in [0.717, 1.165) is 0 Å². The van der Waals surface area contributed by atoms with E-state index >= 15 is 0 Å². The lowest BCUT2D eigenvalue weighted by atomic mass is 9.66. The summed E-state index contributed by atoms with van der Waals surface area (Å²) in [6.45, 7) is 1.93. The number of carbonyl (C=O) groups is 1. The van der Waals surface area contributed by atoms with Gasteiger partial charge in [0.15, 0.2) is 35.6 Å². The molecule has 13 heteroatoms. The molecule has 1 aliphatic carbocycles. The van der Waals surface area contributed by atoms with Crippen LogP contribution in [-0.4, -0.2) is 92.5 Å². The first kappa shape index (κ1) is 27.5. The van der Waals surface area contributed by atoms with Crippen LogP contribution in [0.4, 0.5) is 0 Å². The number of phenolic OH excluding ortho intramolecular Hbond substituents is 1. The number of esters is 1. The van der Waals surface area contributed by atoms with Gasteiger partial charge in [0.1, 0.15) is 24.4 Å². The molecular weight excluding hydrogens is 556 g/mol. The molecule has 2 aromatic rings. The number of rotatable bonds is 5. The largest absolute Gasteiger partial charge is 0.502 e. The second-order valence-electron chi connectivity index (χ2n) is 11.0. The highest BCUT2D eigenvalue weighted by atomic mass is 16.8. The number of fused-ring (bicyclic) bond motifs is 4. The monoisotopic (exact) mass is 588 g/mol. The Hall–Kier alpha value is -3.33. The first-order valence-corrected chi connectivity index (χ1v) is 13.8. The van der Waals surface area contributed by atoms with Gasteiger partial charge in [-0.1, -0.05) is 0 Å². The lowest BCUT2D eigenvalue weighted by Crippen LogP contribution is -2.63. The van der Waals surface area contributed by atoms with Crippen LogP contribution in [0.1, 0.15) is 35.6 Å². The normalized spacial score (nSPS) is 36.5. The number of methoxy groups -OCH3 is 2. The number of hydrogen-bond donors (Lipinski definition) is 3. The fraction of sp³-hybridized carbons (Fsp3) is 0.552. The third-order valence-electron chi connectivity index (χ3n) is 8.75. The Morgan fingerprint density at radius 2 is 1.57 bits per heavy atom. The number of aromatic hydroxyl groups is 1. The minimum atomic E-state index is -1.44. The van der Waals surface area contributed by atoms with Crippen molar-refractivity contribution in [2.24, 2.45) is 11.8 Å². The molecule has 0 spiro atoms. The number of phenols is 1. The average molecular weight is 589 g/mol. The second kappa shape index (κ2) is 10.4. The summed E-state index contributed by atoms with van der Waals surface area (Å²) in [7, 11) is 2.86. The first-order valence-electron chi connectivity index (χ1n) is 13.8. The van der Waals surface area contributed by atoms with E-state index in [0.29, 0.717) is 28.2 Å². The van der Waals surface area contributed by atoms with Gasteiger partial charge in [0.05, 0.1) is 39.5 Å². The van der Waals surface area contributed by atoms with Crippen LogP contribution in [0, 0.1) is 11.8 Å². The molecule has 0 saturated carbocycles. The zero-order valence-corrected chi connectivity index (χ0v) is 23.1.